The van der Waals surface area contributed by atoms with Gasteiger partial charge in [0.15, 0.2) is 0 Å². The monoisotopic (exact) mass is 483 g/mol. The lowest BCUT2D eigenvalue weighted by Crippen LogP contribution is -2.27. The minimum atomic E-state index is -3.83. The second kappa shape index (κ2) is 9.08. The molecular formula is C21H23Cl2N3O4S. The highest BCUT2D eigenvalue weighted by Gasteiger charge is 2.24. The van der Waals surface area contributed by atoms with E-state index in [4.69, 9.17) is 27.9 Å². The molecule has 7 nitrogen and oxygen atoms in total. The van der Waals surface area contributed by atoms with Crippen molar-refractivity contribution in [3.8, 4) is 5.75 Å². The molecule has 10 heteroatoms. The van der Waals surface area contributed by atoms with Gasteiger partial charge in [0.1, 0.15) is 10.6 Å². The Balaban J connectivity index is 1.81. The Morgan fingerprint density at radius 1 is 1.16 bits per heavy atom. The van der Waals surface area contributed by atoms with Crippen LogP contribution in [0.4, 0.5) is 0 Å². The lowest BCUT2D eigenvalue weighted by atomic mass is 10.1. The molecule has 1 amide bonds. The highest BCUT2D eigenvalue weighted by atomic mass is 35.5. The number of H-pyrrole nitrogens is 1. The normalized spacial score (nSPS) is 11.8. The van der Waals surface area contributed by atoms with E-state index in [1.165, 1.54) is 26.2 Å². The number of carbonyl (C=O) groups is 1. The average molecular weight is 484 g/mol. The number of hydrogen-bond donors (Lipinski definition) is 2. The molecule has 0 atom stereocenters. The number of carbonyl (C=O) groups excluding carboxylic acids is 1. The predicted octanol–water partition coefficient (Wildman–Crippen LogP) is 4.01. The molecule has 0 aliphatic carbocycles. The number of methoxy groups -OCH3 is 1. The van der Waals surface area contributed by atoms with Crippen molar-refractivity contribution in [2.24, 2.45) is 0 Å². The lowest BCUT2D eigenvalue weighted by Gasteiger charge is -2.15. The van der Waals surface area contributed by atoms with E-state index in [-0.39, 0.29) is 20.5 Å². The Hall–Kier alpha value is -2.26. The number of nitrogens with zero attached hydrogens (tertiary/aromatic N) is 1. The number of fused-ring (bicyclic) bond motifs is 1. The SMILES string of the molecule is COc1ccc2[nH]c(C)c(CCNC(=O)c3cc(S(=O)(=O)N(C)C)c(Cl)cc3Cl)c2c1. The summed E-state index contributed by atoms with van der Waals surface area (Å²) in [6.45, 7) is 2.30. The fourth-order valence-electron chi connectivity index (χ4n) is 3.30. The summed E-state index contributed by atoms with van der Waals surface area (Å²) < 4.78 is 31.3. The molecule has 1 heterocycles. The summed E-state index contributed by atoms with van der Waals surface area (Å²) in [6.07, 6.45) is 0.568. The molecule has 3 rings (SSSR count). The number of nitrogens with one attached hydrogen (secondary N) is 2. The van der Waals surface area contributed by atoms with Gasteiger partial charge >= 0.3 is 0 Å². The number of aromatic amines is 1. The van der Waals surface area contributed by atoms with Crippen molar-refractivity contribution in [3.05, 3.63) is 57.2 Å². The molecule has 0 saturated carbocycles. The number of rotatable bonds is 7. The highest BCUT2D eigenvalue weighted by Crippen LogP contribution is 2.30. The molecule has 31 heavy (non-hydrogen) atoms. The number of benzene rings is 2. The number of hydrogen-bond acceptors (Lipinski definition) is 4. The van der Waals surface area contributed by atoms with Crippen LogP contribution in [-0.2, 0) is 16.4 Å². The van der Waals surface area contributed by atoms with Gasteiger partial charge < -0.3 is 15.0 Å². The number of ether oxygens (including phenoxy) is 1. The van der Waals surface area contributed by atoms with Gasteiger partial charge in [-0.2, -0.15) is 0 Å². The van der Waals surface area contributed by atoms with E-state index in [0.29, 0.717) is 13.0 Å². The molecule has 0 fully saturated rings. The fourth-order valence-corrected chi connectivity index (χ4v) is 5.03. The molecule has 166 valence electrons. The van der Waals surface area contributed by atoms with Gasteiger partial charge in [0.2, 0.25) is 10.0 Å². The van der Waals surface area contributed by atoms with E-state index in [1.807, 2.05) is 25.1 Å². The Labute approximate surface area is 191 Å². The summed E-state index contributed by atoms with van der Waals surface area (Å²) in [5.74, 6) is 0.270. The number of halogens is 2. The number of amides is 1. The second-order valence-electron chi connectivity index (χ2n) is 7.20. The van der Waals surface area contributed by atoms with Gasteiger partial charge in [-0.25, -0.2) is 12.7 Å². The van der Waals surface area contributed by atoms with Crippen LogP contribution in [0, 0.1) is 6.92 Å². The zero-order valence-electron chi connectivity index (χ0n) is 17.5. The quantitative estimate of drug-likeness (QED) is 0.530. The largest absolute Gasteiger partial charge is 0.497 e. The Morgan fingerprint density at radius 3 is 2.52 bits per heavy atom. The van der Waals surface area contributed by atoms with Crippen molar-refractivity contribution in [1.29, 1.82) is 0 Å². The second-order valence-corrected chi connectivity index (χ2v) is 10.1. The summed E-state index contributed by atoms with van der Waals surface area (Å²) in [7, 11) is 0.561. The van der Waals surface area contributed by atoms with E-state index in [9.17, 15) is 13.2 Å². The third kappa shape index (κ3) is 4.67. The number of aromatic nitrogens is 1. The van der Waals surface area contributed by atoms with Gasteiger partial charge in [0.25, 0.3) is 5.91 Å². The molecule has 0 spiro atoms. The maximum Gasteiger partial charge on any atom is 0.252 e. The van der Waals surface area contributed by atoms with Crippen LogP contribution in [0.25, 0.3) is 10.9 Å². The fraction of sp³-hybridized carbons (Fsp3) is 0.286. The van der Waals surface area contributed by atoms with Crippen LogP contribution in [0.3, 0.4) is 0 Å². The molecule has 2 aromatic carbocycles. The summed E-state index contributed by atoms with van der Waals surface area (Å²) in [4.78, 5) is 15.9. The third-order valence-corrected chi connectivity index (χ3v) is 7.60. The first kappa shape index (κ1) is 23.4. The first-order chi connectivity index (χ1) is 14.6. The number of aryl methyl sites for hydroxylation is 1. The molecule has 0 saturated heterocycles. The minimum Gasteiger partial charge on any atom is -0.497 e. The van der Waals surface area contributed by atoms with Crippen LogP contribution in [0.2, 0.25) is 10.0 Å². The minimum absolute atomic E-state index is 0.0429. The molecule has 2 N–H and O–H groups in total. The smallest absolute Gasteiger partial charge is 0.252 e. The van der Waals surface area contributed by atoms with Crippen molar-refractivity contribution in [3.63, 3.8) is 0 Å². The van der Waals surface area contributed by atoms with Crippen LogP contribution in [0.1, 0.15) is 21.6 Å². The Kier molecular flexibility index (Phi) is 6.85. The van der Waals surface area contributed by atoms with Crippen molar-refractivity contribution < 1.29 is 17.9 Å². The van der Waals surface area contributed by atoms with Gasteiger partial charge in [0.05, 0.1) is 22.7 Å². The van der Waals surface area contributed by atoms with E-state index in [1.54, 1.807) is 7.11 Å². The number of sulfonamides is 1. The Bertz CT molecular complexity index is 1250. The summed E-state index contributed by atoms with van der Waals surface area (Å²) in [6, 6.07) is 8.25. The van der Waals surface area contributed by atoms with Gasteiger partial charge in [-0.15, -0.1) is 0 Å². The summed E-state index contributed by atoms with van der Waals surface area (Å²) >= 11 is 12.2. The van der Waals surface area contributed by atoms with E-state index in [0.717, 1.165) is 32.2 Å². The molecule has 0 bridgehead atoms. The topological polar surface area (TPSA) is 91.5 Å². The summed E-state index contributed by atoms with van der Waals surface area (Å²) in [5.41, 5.74) is 3.09. The molecule has 0 unspecified atom stereocenters. The van der Waals surface area contributed by atoms with E-state index < -0.39 is 15.9 Å². The van der Waals surface area contributed by atoms with Gasteiger partial charge in [-0.05, 0) is 49.2 Å². The lowest BCUT2D eigenvalue weighted by molar-refractivity contribution is 0.0954. The van der Waals surface area contributed by atoms with Gasteiger partial charge in [-0.1, -0.05) is 23.2 Å². The zero-order valence-corrected chi connectivity index (χ0v) is 19.9. The molecule has 1 aromatic heterocycles. The van der Waals surface area contributed by atoms with Gasteiger partial charge in [0, 0.05) is 37.2 Å². The first-order valence-electron chi connectivity index (χ1n) is 9.41. The van der Waals surface area contributed by atoms with Crippen molar-refractivity contribution >= 4 is 50.0 Å². The van der Waals surface area contributed by atoms with E-state index >= 15 is 0 Å². The van der Waals surface area contributed by atoms with Crippen LogP contribution in [0.5, 0.6) is 5.75 Å². The van der Waals surface area contributed by atoms with E-state index in [2.05, 4.69) is 10.3 Å². The average Bonchev–Trinajstić information content (AvgIpc) is 3.02. The predicted molar refractivity (Wildman–Crippen MR) is 123 cm³/mol. The molecule has 0 aliphatic rings. The van der Waals surface area contributed by atoms with Crippen molar-refractivity contribution in [1.82, 2.24) is 14.6 Å². The summed E-state index contributed by atoms with van der Waals surface area (Å²) in [5, 5.41) is 3.86. The first-order valence-corrected chi connectivity index (χ1v) is 11.6. The van der Waals surface area contributed by atoms with Crippen LogP contribution in [-0.4, -0.2) is 51.4 Å². The maximum atomic E-state index is 12.7. The third-order valence-electron chi connectivity index (χ3n) is 5.01. The zero-order chi connectivity index (χ0) is 22.9. The highest BCUT2D eigenvalue weighted by molar-refractivity contribution is 7.89. The van der Waals surface area contributed by atoms with Crippen LogP contribution in [0.15, 0.2) is 35.2 Å². The molecule has 0 aliphatic heterocycles. The Morgan fingerprint density at radius 2 is 1.87 bits per heavy atom. The molecular weight excluding hydrogens is 461 g/mol. The van der Waals surface area contributed by atoms with Crippen molar-refractivity contribution in [2.45, 2.75) is 18.2 Å². The standard InChI is InChI=1S/C21H23Cl2N3O4S/c1-12-14(15-9-13(30-4)5-6-19(15)25-12)7-8-24-21(27)16-10-20(18(23)11-17(16)22)31(28,29)26(2)3/h5-6,9-11,25H,7-8H2,1-4H3,(H,24,27). The molecule has 0 radical (unpaired) electrons. The van der Waals surface area contributed by atoms with Gasteiger partial charge in [-0.3, -0.25) is 4.79 Å². The van der Waals surface area contributed by atoms with Crippen LogP contribution >= 0.6 is 23.2 Å². The van der Waals surface area contributed by atoms with Crippen LogP contribution < -0.4 is 10.1 Å². The molecule has 3 aromatic rings. The maximum absolute atomic E-state index is 12.7. The van der Waals surface area contributed by atoms with Crippen molar-refractivity contribution in [2.75, 3.05) is 27.7 Å².